The van der Waals surface area contributed by atoms with E-state index in [1.165, 1.54) is 17.7 Å². The summed E-state index contributed by atoms with van der Waals surface area (Å²) >= 11 is 0. The number of ether oxygens (including phenoxy) is 3. The first-order valence-electron chi connectivity index (χ1n) is 12.9. The first kappa shape index (κ1) is 27.1. The SMILES string of the molecule is COCCN(C(=O)OC(C)(C)C)[C@H]1CC[C@H](C(=O)N2CCc3ccccc3[C@@H]2c2ccc(F)cc2)OC1. The molecule has 2 heterocycles. The van der Waals surface area contributed by atoms with Crippen molar-refractivity contribution in [3.8, 4) is 0 Å². The van der Waals surface area contributed by atoms with Gasteiger partial charge in [-0.25, -0.2) is 9.18 Å². The summed E-state index contributed by atoms with van der Waals surface area (Å²) in [5, 5.41) is 0. The van der Waals surface area contributed by atoms with Crippen LogP contribution in [0, 0.1) is 5.82 Å². The van der Waals surface area contributed by atoms with E-state index < -0.39 is 17.8 Å². The van der Waals surface area contributed by atoms with Gasteiger partial charge in [0.05, 0.1) is 25.3 Å². The van der Waals surface area contributed by atoms with E-state index in [4.69, 9.17) is 14.2 Å². The summed E-state index contributed by atoms with van der Waals surface area (Å²) in [6.45, 7) is 7.06. The van der Waals surface area contributed by atoms with Crippen molar-refractivity contribution >= 4 is 12.0 Å². The number of rotatable bonds is 6. The van der Waals surface area contributed by atoms with Gasteiger partial charge in [-0.3, -0.25) is 4.79 Å². The van der Waals surface area contributed by atoms with Crippen molar-refractivity contribution in [1.29, 1.82) is 0 Å². The molecule has 4 rings (SSSR count). The highest BCUT2D eigenvalue weighted by atomic mass is 19.1. The second-order valence-electron chi connectivity index (χ2n) is 10.7. The molecule has 2 amide bonds. The number of hydrogen-bond donors (Lipinski definition) is 0. The van der Waals surface area contributed by atoms with Gasteiger partial charge < -0.3 is 24.0 Å². The van der Waals surface area contributed by atoms with Gasteiger partial charge in [-0.05, 0) is 68.9 Å². The van der Waals surface area contributed by atoms with Gasteiger partial charge in [0.2, 0.25) is 0 Å². The molecule has 0 radical (unpaired) electrons. The summed E-state index contributed by atoms with van der Waals surface area (Å²) in [5.74, 6) is -0.390. The first-order valence-corrected chi connectivity index (χ1v) is 12.9. The second kappa shape index (κ2) is 11.6. The molecule has 0 aliphatic carbocycles. The molecule has 2 aliphatic heterocycles. The fourth-order valence-corrected chi connectivity index (χ4v) is 5.10. The zero-order chi connectivity index (χ0) is 26.6. The third-order valence-electron chi connectivity index (χ3n) is 6.88. The molecule has 0 unspecified atom stereocenters. The Hall–Kier alpha value is -2.97. The lowest BCUT2D eigenvalue weighted by Crippen LogP contribution is -2.52. The topological polar surface area (TPSA) is 68.3 Å². The third kappa shape index (κ3) is 6.48. The molecule has 0 spiro atoms. The van der Waals surface area contributed by atoms with E-state index in [-0.39, 0.29) is 30.4 Å². The maximum Gasteiger partial charge on any atom is 0.410 e. The number of amides is 2. The number of carbonyl (C=O) groups is 2. The van der Waals surface area contributed by atoms with Crippen LogP contribution < -0.4 is 0 Å². The number of benzene rings is 2. The van der Waals surface area contributed by atoms with E-state index in [9.17, 15) is 14.0 Å². The fourth-order valence-electron chi connectivity index (χ4n) is 5.10. The lowest BCUT2D eigenvalue weighted by molar-refractivity contribution is -0.151. The molecule has 2 aliphatic rings. The van der Waals surface area contributed by atoms with Crippen LogP contribution >= 0.6 is 0 Å². The predicted molar refractivity (Wildman–Crippen MR) is 138 cm³/mol. The fraction of sp³-hybridized carbons (Fsp3) is 0.517. The van der Waals surface area contributed by atoms with Gasteiger partial charge in [0.15, 0.2) is 0 Å². The molecule has 1 saturated heterocycles. The predicted octanol–water partition coefficient (Wildman–Crippen LogP) is 4.73. The van der Waals surface area contributed by atoms with E-state index in [0.29, 0.717) is 32.5 Å². The van der Waals surface area contributed by atoms with Crippen LogP contribution in [0.3, 0.4) is 0 Å². The molecular weight excluding hydrogens is 475 g/mol. The Kier molecular flexibility index (Phi) is 8.49. The molecule has 8 heteroatoms. The van der Waals surface area contributed by atoms with Gasteiger partial charge >= 0.3 is 6.09 Å². The summed E-state index contributed by atoms with van der Waals surface area (Å²) in [7, 11) is 1.59. The van der Waals surface area contributed by atoms with Crippen molar-refractivity contribution in [2.75, 3.05) is 33.4 Å². The van der Waals surface area contributed by atoms with Crippen LogP contribution in [0.5, 0.6) is 0 Å². The molecular formula is C29H37FN2O5. The average Bonchev–Trinajstić information content (AvgIpc) is 2.88. The Morgan fingerprint density at radius 3 is 2.49 bits per heavy atom. The van der Waals surface area contributed by atoms with Gasteiger partial charge in [0.1, 0.15) is 17.5 Å². The second-order valence-corrected chi connectivity index (χ2v) is 10.7. The summed E-state index contributed by atoms with van der Waals surface area (Å²) < 4.78 is 30.6. The number of carbonyl (C=O) groups excluding carboxylic acids is 2. The van der Waals surface area contributed by atoms with Crippen LogP contribution in [0.15, 0.2) is 48.5 Å². The standard InChI is InChI=1S/C29H37FN2O5/c1-29(2,3)37-28(34)31(17-18-35-4)23-13-14-25(36-19-23)27(33)32-16-15-20-7-5-6-8-24(20)26(32)21-9-11-22(30)12-10-21/h5-12,23,25-26H,13-19H2,1-4H3/t23-,25+,26-/m0/s1. The minimum absolute atomic E-state index is 0.0806. The first-order chi connectivity index (χ1) is 17.7. The van der Waals surface area contributed by atoms with Crippen molar-refractivity contribution in [1.82, 2.24) is 9.80 Å². The van der Waals surface area contributed by atoms with Crippen LogP contribution in [0.2, 0.25) is 0 Å². The van der Waals surface area contributed by atoms with E-state index in [1.54, 1.807) is 24.1 Å². The van der Waals surface area contributed by atoms with Crippen molar-refractivity contribution in [3.63, 3.8) is 0 Å². The van der Waals surface area contributed by atoms with Gasteiger partial charge in [0, 0.05) is 20.2 Å². The van der Waals surface area contributed by atoms with Crippen LogP contribution in [-0.2, 0) is 25.4 Å². The Labute approximate surface area is 218 Å². The Balaban J connectivity index is 1.49. The average molecular weight is 513 g/mol. The minimum Gasteiger partial charge on any atom is -0.444 e. The molecule has 0 bridgehead atoms. The van der Waals surface area contributed by atoms with Crippen LogP contribution in [0.1, 0.15) is 56.3 Å². The maximum absolute atomic E-state index is 13.8. The van der Waals surface area contributed by atoms with Crippen molar-refractivity contribution in [3.05, 3.63) is 71.0 Å². The highest BCUT2D eigenvalue weighted by molar-refractivity contribution is 5.82. The van der Waals surface area contributed by atoms with Crippen LogP contribution in [0.25, 0.3) is 0 Å². The number of fused-ring (bicyclic) bond motifs is 1. The molecule has 200 valence electrons. The molecule has 0 aromatic heterocycles. The number of nitrogens with zero attached hydrogens (tertiary/aromatic N) is 2. The van der Waals surface area contributed by atoms with E-state index in [1.807, 2.05) is 43.9 Å². The van der Waals surface area contributed by atoms with Gasteiger partial charge in [-0.15, -0.1) is 0 Å². The largest absolute Gasteiger partial charge is 0.444 e. The van der Waals surface area contributed by atoms with Crippen molar-refractivity contribution in [2.24, 2.45) is 0 Å². The normalized spacial score (nSPS) is 21.8. The number of halogens is 1. The molecule has 2 aromatic rings. The minimum atomic E-state index is -0.615. The monoisotopic (exact) mass is 512 g/mol. The van der Waals surface area contributed by atoms with Crippen molar-refractivity contribution in [2.45, 2.75) is 63.8 Å². The summed E-state index contributed by atoms with van der Waals surface area (Å²) in [6.07, 6.45) is 0.840. The van der Waals surface area contributed by atoms with E-state index in [0.717, 1.165) is 17.5 Å². The Morgan fingerprint density at radius 2 is 1.84 bits per heavy atom. The molecule has 1 fully saturated rings. The summed E-state index contributed by atoms with van der Waals surface area (Å²) in [5.41, 5.74) is 2.50. The lowest BCUT2D eigenvalue weighted by atomic mass is 9.87. The lowest BCUT2D eigenvalue weighted by Gasteiger charge is -2.42. The zero-order valence-electron chi connectivity index (χ0n) is 22.1. The third-order valence-corrected chi connectivity index (χ3v) is 6.88. The number of methoxy groups -OCH3 is 1. The highest BCUT2D eigenvalue weighted by Gasteiger charge is 2.39. The molecule has 2 aromatic carbocycles. The smallest absolute Gasteiger partial charge is 0.410 e. The summed E-state index contributed by atoms with van der Waals surface area (Å²) in [4.78, 5) is 30.1. The zero-order valence-corrected chi connectivity index (χ0v) is 22.1. The van der Waals surface area contributed by atoms with Gasteiger partial charge in [0.25, 0.3) is 5.91 Å². The highest BCUT2D eigenvalue weighted by Crippen LogP contribution is 2.36. The van der Waals surface area contributed by atoms with Gasteiger partial charge in [-0.1, -0.05) is 36.4 Å². The Morgan fingerprint density at radius 1 is 1.11 bits per heavy atom. The summed E-state index contributed by atoms with van der Waals surface area (Å²) in [6, 6.07) is 13.9. The molecule has 7 nitrogen and oxygen atoms in total. The number of hydrogen-bond acceptors (Lipinski definition) is 5. The van der Waals surface area contributed by atoms with E-state index >= 15 is 0 Å². The molecule has 0 N–H and O–H groups in total. The van der Waals surface area contributed by atoms with Crippen molar-refractivity contribution < 1.29 is 28.2 Å². The molecule has 37 heavy (non-hydrogen) atoms. The quantitative estimate of drug-likeness (QED) is 0.560. The Bertz CT molecular complexity index is 1080. The molecule has 0 saturated carbocycles. The van der Waals surface area contributed by atoms with Gasteiger partial charge in [-0.2, -0.15) is 0 Å². The van der Waals surface area contributed by atoms with Crippen LogP contribution in [0.4, 0.5) is 9.18 Å². The van der Waals surface area contributed by atoms with E-state index in [2.05, 4.69) is 6.07 Å². The maximum atomic E-state index is 13.8. The molecule has 3 atom stereocenters. The van der Waals surface area contributed by atoms with Crippen LogP contribution in [-0.4, -0.2) is 73.0 Å².